The fourth-order valence-corrected chi connectivity index (χ4v) is 3.27. The number of benzene rings is 1. The number of ether oxygens (including phenoxy) is 1. The van der Waals surface area contributed by atoms with Crippen LogP contribution in [0.15, 0.2) is 30.6 Å². The van der Waals surface area contributed by atoms with Crippen LogP contribution in [0.1, 0.15) is 51.9 Å². The van der Waals surface area contributed by atoms with Crippen molar-refractivity contribution in [2.45, 2.75) is 71.2 Å². The second-order valence-electron chi connectivity index (χ2n) is 6.18. The van der Waals surface area contributed by atoms with Crippen LogP contribution in [-0.4, -0.2) is 10.7 Å². The highest BCUT2D eigenvalue weighted by Crippen LogP contribution is 2.20. The minimum atomic E-state index is 0. The van der Waals surface area contributed by atoms with Gasteiger partial charge in [0.15, 0.2) is 17.8 Å². The molecule has 4 heteroatoms. The molecule has 0 amide bonds. The lowest BCUT2D eigenvalue weighted by molar-refractivity contribution is -0.712. The molecule has 2 aromatic rings. The second kappa shape index (κ2) is 8.54. The van der Waals surface area contributed by atoms with Crippen molar-refractivity contribution in [1.82, 2.24) is 4.57 Å². The van der Waals surface area contributed by atoms with E-state index in [1.807, 2.05) is 0 Å². The average Bonchev–Trinajstić information content (AvgIpc) is 2.90. The fraction of sp³-hybridized carbons (Fsp3) is 0.611. The summed E-state index contributed by atoms with van der Waals surface area (Å²) in [6.07, 6.45) is 11.6. The van der Waals surface area contributed by atoms with Gasteiger partial charge < -0.3 is 17.1 Å². The SMILES string of the molecule is CCCCn1c[n+](COC2CCCCC2)c2ccccc21.[Cl-]. The van der Waals surface area contributed by atoms with Crippen LogP contribution in [0.5, 0.6) is 0 Å². The third-order valence-electron chi connectivity index (χ3n) is 4.53. The van der Waals surface area contributed by atoms with Gasteiger partial charge in [-0.25, -0.2) is 9.13 Å². The van der Waals surface area contributed by atoms with E-state index in [1.165, 1.54) is 56.0 Å². The Balaban J connectivity index is 0.00000176. The summed E-state index contributed by atoms with van der Waals surface area (Å²) >= 11 is 0. The molecule has 0 unspecified atom stereocenters. The molecule has 0 aliphatic heterocycles. The van der Waals surface area contributed by atoms with Crippen LogP contribution >= 0.6 is 0 Å². The summed E-state index contributed by atoms with van der Waals surface area (Å²) < 4.78 is 10.8. The number of para-hydroxylation sites is 2. The van der Waals surface area contributed by atoms with Gasteiger partial charge in [-0.1, -0.05) is 44.7 Å². The lowest BCUT2D eigenvalue weighted by Gasteiger charge is -2.20. The predicted molar refractivity (Wildman–Crippen MR) is 85.0 cm³/mol. The molecule has 0 spiro atoms. The molecule has 0 atom stereocenters. The van der Waals surface area contributed by atoms with Crippen molar-refractivity contribution in [3.63, 3.8) is 0 Å². The van der Waals surface area contributed by atoms with Gasteiger partial charge in [0.2, 0.25) is 6.33 Å². The van der Waals surface area contributed by atoms with Gasteiger partial charge in [0.1, 0.15) is 0 Å². The number of nitrogens with zero attached hydrogens (tertiary/aromatic N) is 2. The van der Waals surface area contributed by atoms with Crippen LogP contribution in [0, 0.1) is 0 Å². The van der Waals surface area contributed by atoms with Crippen molar-refractivity contribution in [3.05, 3.63) is 30.6 Å². The van der Waals surface area contributed by atoms with Crippen molar-refractivity contribution in [2.75, 3.05) is 0 Å². The molecule has 1 aromatic heterocycles. The molecule has 1 heterocycles. The highest BCUT2D eigenvalue weighted by atomic mass is 35.5. The third kappa shape index (κ3) is 4.02. The van der Waals surface area contributed by atoms with Crippen LogP contribution < -0.4 is 17.0 Å². The first kappa shape index (κ1) is 17.3. The van der Waals surface area contributed by atoms with Crippen molar-refractivity contribution < 1.29 is 21.7 Å². The van der Waals surface area contributed by atoms with Crippen LogP contribution in [0.2, 0.25) is 0 Å². The first-order valence-corrected chi connectivity index (χ1v) is 8.47. The van der Waals surface area contributed by atoms with E-state index < -0.39 is 0 Å². The Morgan fingerprint density at radius 1 is 1.18 bits per heavy atom. The summed E-state index contributed by atoms with van der Waals surface area (Å²) in [7, 11) is 0. The molecule has 0 N–H and O–H groups in total. The van der Waals surface area contributed by atoms with E-state index in [4.69, 9.17) is 4.74 Å². The standard InChI is InChI=1S/C18H27N2O.ClH/c1-2-3-13-19-14-20(18-12-8-7-11-17(18)19)15-21-16-9-5-4-6-10-16;/h7-8,11-12,14,16H,2-6,9-10,13,15H2,1H3;1H/q+1;/p-1. The van der Waals surface area contributed by atoms with Gasteiger partial charge in [-0.3, -0.25) is 0 Å². The molecular formula is C18H27ClN2O. The van der Waals surface area contributed by atoms with Crippen LogP contribution in [0.3, 0.4) is 0 Å². The topological polar surface area (TPSA) is 18.0 Å². The largest absolute Gasteiger partial charge is 1.00 e. The van der Waals surface area contributed by atoms with E-state index in [0.29, 0.717) is 12.8 Å². The van der Waals surface area contributed by atoms with Crippen molar-refractivity contribution in [1.29, 1.82) is 0 Å². The molecule has 22 heavy (non-hydrogen) atoms. The van der Waals surface area contributed by atoms with Gasteiger partial charge >= 0.3 is 0 Å². The molecule has 1 aliphatic carbocycles. The van der Waals surface area contributed by atoms with E-state index in [1.54, 1.807) is 0 Å². The summed E-state index contributed by atoms with van der Waals surface area (Å²) in [6.45, 7) is 4.02. The molecule has 3 rings (SSSR count). The van der Waals surface area contributed by atoms with E-state index >= 15 is 0 Å². The summed E-state index contributed by atoms with van der Waals surface area (Å²) in [5, 5.41) is 0. The Morgan fingerprint density at radius 3 is 2.73 bits per heavy atom. The fourth-order valence-electron chi connectivity index (χ4n) is 3.27. The molecule has 1 aliphatic rings. The number of hydrogen-bond donors (Lipinski definition) is 0. The number of rotatable bonds is 6. The second-order valence-corrected chi connectivity index (χ2v) is 6.18. The average molecular weight is 323 g/mol. The maximum Gasteiger partial charge on any atom is 0.246 e. The minimum absolute atomic E-state index is 0. The Bertz CT molecular complexity index is 575. The first-order chi connectivity index (χ1) is 10.4. The monoisotopic (exact) mass is 322 g/mol. The molecule has 1 saturated carbocycles. The lowest BCUT2D eigenvalue weighted by atomic mass is 9.98. The summed E-state index contributed by atoms with van der Waals surface area (Å²) in [4.78, 5) is 0. The molecule has 0 saturated heterocycles. The molecule has 1 fully saturated rings. The molecule has 0 radical (unpaired) electrons. The van der Waals surface area contributed by atoms with Crippen molar-refractivity contribution >= 4 is 11.0 Å². The van der Waals surface area contributed by atoms with Gasteiger partial charge in [0, 0.05) is 0 Å². The van der Waals surface area contributed by atoms with Crippen LogP contribution in [0.25, 0.3) is 11.0 Å². The molecule has 1 aromatic carbocycles. The number of imidazole rings is 1. The maximum atomic E-state index is 6.14. The Kier molecular flexibility index (Phi) is 6.71. The summed E-state index contributed by atoms with van der Waals surface area (Å²) in [5.41, 5.74) is 2.60. The number of halogens is 1. The van der Waals surface area contributed by atoms with Crippen molar-refractivity contribution in [3.8, 4) is 0 Å². The third-order valence-corrected chi connectivity index (χ3v) is 4.53. The Hall–Kier alpha value is -1.06. The molecule has 122 valence electrons. The number of aryl methyl sites for hydroxylation is 1. The van der Waals surface area contributed by atoms with E-state index in [0.717, 1.165) is 6.54 Å². The number of hydrogen-bond acceptors (Lipinski definition) is 1. The van der Waals surface area contributed by atoms with Crippen molar-refractivity contribution in [2.24, 2.45) is 0 Å². The maximum absolute atomic E-state index is 6.14. The van der Waals surface area contributed by atoms with Gasteiger partial charge in [0.05, 0.1) is 12.6 Å². The van der Waals surface area contributed by atoms with Gasteiger partial charge in [-0.2, -0.15) is 0 Å². The lowest BCUT2D eigenvalue weighted by Crippen LogP contribution is -3.00. The Morgan fingerprint density at radius 2 is 1.95 bits per heavy atom. The van der Waals surface area contributed by atoms with Crippen LogP contribution in [0.4, 0.5) is 0 Å². The smallest absolute Gasteiger partial charge is 0.246 e. The van der Waals surface area contributed by atoms with E-state index in [-0.39, 0.29) is 12.4 Å². The zero-order valence-corrected chi connectivity index (χ0v) is 14.3. The predicted octanol–water partition coefficient (Wildman–Crippen LogP) is 1.04. The zero-order valence-electron chi connectivity index (χ0n) is 13.5. The number of aromatic nitrogens is 2. The molecule has 0 bridgehead atoms. The first-order valence-electron chi connectivity index (χ1n) is 8.47. The van der Waals surface area contributed by atoms with Crippen LogP contribution in [-0.2, 0) is 18.0 Å². The molecule has 3 nitrogen and oxygen atoms in total. The van der Waals surface area contributed by atoms with E-state index in [2.05, 4.69) is 46.7 Å². The minimum Gasteiger partial charge on any atom is -1.00 e. The quantitative estimate of drug-likeness (QED) is 0.727. The molecular weight excluding hydrogens is 296 g/mol. The highest BCUT2D eigenvalue weighted by molar-refractivity contribution is 5.71. The van der Waals surface area contributed by atoms with E-state index in [9.17, 15) is 0 Å². The summed E-state index contributed by atoms with van der Waals surface area (Å²) in [6, 6.07) is 8.64. The normalized spacial score (nSPS) is 15.9. The highest BCUT2D eigenvalue weighted by Gasteiger charge is 2.18. The van der Waals surface area contributed by atoms with Gasteiger partial charge in [-0.05, 0) is 31.4 Å². The Labute approximate surface area is 139 Å². The zero-order chi connectivity index (χ0) is 14.5. The number of fused-ring (bicyclic) bond motifs is 1. The van der Waals surface area contributed by atoms with Gasteiger partial charge in [0.25, 0.3) is 0 Å². The number of unbranched alkanes of at least 4 members (excludes halogenated alkanes) is 1. The van der Waals surface area contributed by atoms with Gasteiger partial charge in [-0.15, -0.1) is 0 Å². The summed E-state index contributed by atoms with van der Waals surface area (Å²) in [5.74, 6) is 0.